The second-order valence-corrected chi connectivity index (χ2v) is 14.8. The van der Waals surface area contributed by atoms with Crippen LogP contribution in [0, 0.1) is 40.4 Å². The zero-order valence-corrected chi connectivity index (χ0v) is 21.4. The van der Waals surface area contributed by atoms with E-state index in [0.29, 0.717) is 17.9 Å². The first-order valence-electron chi connectivity index (χ1n) is 14.8. The molecule has 5 unspecified atom stereocenters. The molecule has 5 nitrogen and oxygen atoms in total. The van der Waals surface area contributed by atoms with Gasteiger partial charge in [0.25, 0.3) is 0 Å². The minimum Gasteiger partial charge on any atom is -0.350 e. The highest BCUT2D eigenvalue weighted by Crippen LogP contribution is 2.83. The summed E-state index contributed by atoms with van der Waals surface area (Å²) < 4.78 is 0. The molecule has 8 aliphatic carbocycles. The average molecular weight is 486 g/mol. The van der Waals surface area contributed by atoms with Gasteiger partial charge in [-0.15, -0.1) is 0 Å². The number of nitrogens with zero attached hydrogens (tertiary/aromatic N) is 1. The van der Waals surface area contributed by atoms with Gasteiger partial charge in [0.1, 0.15) is 0 Å². The highest BCUT2D eigenvalue weighted by molar-refractivity contribution is 5.84. The molecular formula is C31H39N3O2. The van der Waals surface area contributed by atoms with E-state index in [1.807, 2.05) is 4.90 Å². The molecule has 2 amide bonds. The molecule has 0 saturated heterocycles. The van der Waals surface area contributed by atoms with Gasteiger partial charge in [-0.25, -0.2) is 0 Å². The summed E-state index contributed by atoms with van der Waals surface area (Å²) in [5.74, 6) is 4.60. The van der Waals surface area contributed by atoms with Gasteiger partial charge < -0.3 is 15.5 Å². The van der Waals surface area contributed by atoms with Crippen LogP contribution in [0.3, 0.4) is 0 Å². The van der Waals surface area contributed by atoms with Crippen LogP contribution in [0.15, 0.2) is 24.3 Å². The van der Waals surface area contributed by atoms with Crippen molar-refractivity contribution in [1.82, 2.24) is 15.5 Å². The van der Waals surface area contributed by atoms with E-state index in [2.05, 4.69) is 34.9 Å². The first kappa shape index (κ1) is 21.1. The van der Waals surface area contributed by atoms with E-state index in [4.69, 9.17) is 0 Å². The quantitative estimate of drug-likeness (QED) is 0.659. The van der Waals surface area contributed by atoms with Crippen LogP contribution in [0.5, 0.6) is 0 Å². The van der Waals surface area contributed by atoms with Crippen LogP contribution >= 0.6 is 0 Å². The van der Waals surface area contributed by atoms with Crippen molar-refractivity contribution >= 4 is 11.8 Å². The fourth-order valence-corrected chi connectivity index (χ4v) is 12.3. The minimum atomic E-state index is -0.0619. The lowest BCUT2D eigenvalue weighted by Gasteiger charge is -2.73. The Bertz CT molecular complexity index is 1130. The van der Waals surface area contributed by atoms with E-state index >= 15 is 0 Å². The maximum absolute atomic E-state index is 14.1. The molecule has 0 aromatic heterocycles. The van der Waals surface area contributed by atoms with Gasteiger partial charge in [-0.05, 0) is 111 Å². The molecule has 1 spiro atoms. The summed E-state index contributed by atoms with van der Waals surface area (Å²) in [6.45, 7) is 1.91. The van der Waals surface area contributed by atoms with Crippen molar-refractivity contribution in [2.75, 3.05) is 6.54 Å². The van der Waals surface area contributed by atoms with E-state index in [0.717, 1.165) is 68.4 Å². The maximum atomic E-state index is 14.1. The smallest absolute Gasteiger partial charge is 0.237 e. The van der Waals surface area contributed by atoms with E-state index in [1.54, 1.807) is 0 Å². The maximum Gasteiger partial charge on any atom is 0.237 e. The molecule has 6 bridgehead atoms. The van der Waals surface area contributed by atoms with Crippen molar-refractivity contribution in [3.63, 3.8) is 0 Å². The van der Waals surface area contributed by atoms with Gasteiger partial charge in [-0.3, -0.25) is 9.59 Å². The summed E-state index contributed by atoms with van der Waals surface area (Å²) in [5.41, 5.74) is 2.87. The van der Waals surface area contributed by atoms with Gasteiger partial charge >= 0.3 is 0 Å². The Labute approximate surface area is 214 Å². The second kappa shape index (κ2) is 6.57. The molecule has 0 radical (unpaired) electrons. The predicted molar refractivity (Wildman–Crippen MR) is 135 cm³/mol. The summed E-state index contributed by atoms with van der Waals surface area (Å²) in [6.07, 6.45) is 13.5. The SMILES string of the molecule is O=C(CNC12CC3CC4CC(NC(=O)C56CC7CC(CC(C7)C5)C6)(C1)C34C2)N1Cc2ccccc2C1. The van der Waals surface area contributed by atoms with Gasteiger partial charge in [-0.1, -0.05) is 24.3 Å². The fourth-order valence-electron chi connectivity index (χ4n) is 12.3. The third-order valence-electron chi connectivity index (χ3n) is 13.1. The largest absolute Gasteiger partial charge is 0.350 e. The lowest BCUT2D eigenvalue weighted by Crippen LogP contribution is -2.78. The van der Waals surface area contributed by atoms with Crippen LogP contribution in [0.2, 0.25) is 0 Å². The van der Waals surface area contributed by atoms with Crippen LogP contribution in [0.1, 0.15) is 81.8 Å². The number of carbonyl (C=O) groups excluding carboxylic acids is 2. The lowest BCUT2D eigenvalue weighted by molar-refractivity contribution is -0.212. The normalized spacial score (nSPS) is 49.9. The summed E-state index contributed by atoms with van der Waals surface area (Å²) in [4.78, 5) is 29.3. The number of nitrogens with one attached hydrogen (secondary N) is 2. The van der Waals surface area contributed by atoms with E-state index < -0.39 is 0 Å². The third kappa shape index (κ3) is 2.47. The number of fused-ring (bicyclic) bond motifs is 2. The number of benzene rings is 1. The van der Waals surface area contributed by atoms with Crippen LogP contribution in [-0.2, 0) is 22.7 Å². The van der Waals surface area contributed by atoms with Crippen LogP contribution in [0.4, 0.5) is 0 Å². The summed E-state index contributed by atoms with van der Waals surface area (Å²) in [7, 11) is 0. The second-order valence-electron chi connectivity index (χ2n) is 14.8. The summed E-state index contributed by atoms with van der Waals surface area (Å²) in [5, 5.41) is 7.67. The predicted octanol–water partition coefficient (Wildman–Crippen LogP) is 4.15. The number of carbonyl (C=O) groups is 2. The fraction of sp³-hybridized carbons (Fsp3) is 0.742. The van der Waals surface area contributed by atoms with Crippen molar-refractivity contribution in [3.05, 3.63) is 35.4 Å². The van der Waals surface area contributed by atoms with Gasteiger partial charge in [0.2, 0.25) is 11.8 Å². The van der Waals surface area contributed by atoms with Crippen molar-refractivity contribution < 1.29 is 9.59 Å². The first-order chi connectivity index (χ1) is 17.4. The van der Waals surface area contributed by atoms with Crippen LogP contribution < -0.4 is 10.6 Å². The Morgan fingerprint density at radius 2 is 1.47 bits per heavy atom. The van der Waals surface area contributed by atoms with Crippen molar-refractivity contribution in [3.8, 4) is 0 Å². The lowest BCUT2D eigenvalue weighted by atomic mass is 9.35. The Hall–Kier alpha value is -1.88. The molecule has 36 heavy (non-hydrogen) atoms. The number of hydrogen-bond donors (Lipinski definition) is 2. The molecule has 8 saturated carbocycles. The Kier molecular flexibility index (Phi) is 3.85. The zero-order valence-electron chi connectivity index (χ0n) is 21.4. The van der Waals surface area contributed by atoms with E-state index in [-0.39, 0.29) is 22.4 Å². The topological polar surface area (TPSA) is 61.4 Å². The molecule has 1 aromatic carbocycles. The van der Waals surface area contributed by atoms with E-state index in [9.17, 15) is 9.59 Å². The van der Waals surface area contributed by atoms with Gasteiger partial charge in [0.15, 0.2) is 0 Å². The zero-order chi connectivity index (χ0) is 23.9. The molecular weight excluding hydrogens is 446 g/mol. The first-order valence-corrected chi connectivity index (χ1v) is 14.8. The molecule has 5 atom stereocenters. The average Bonchev–Trinajstić information content (AvgIpc) is 3.47. The summed E-state index contributed by atoms with van der Waals surface area (Å²) >= 11 is 0. The highest BCUT2D eigenvalue weighted by atomic mass is 16.2. The molecule has 10 rings (SSSR count). The molecule has 1 aliphatic heterocycles. The van der Waals surface area contributed by atoms with Gasteiger partial charge in [0, 0.05) is 35.0 Å². The van der Waals surface area contributed by atoms with Crippen LogP contribution in [0.25, 0.3) is 0 Å². The molecule has 5 heteroatoms. The Morgan fingerprint density at radius 3 is 2.11 bits per heavy atom. The van der Waals surface area contributed by atoms with Crippen molar-refractivity contribution in [1.29, 1.82) is 0 Å². The Morgan fingerprint density at radius 1 is 0.833 bits per heavy atom. The van der Waals surface area contributed by atoms with Gasteiger partial charge in [-0.2, -0.15) is 0 Å². The molecule has 1 aromatic rings. The number of rotatable bonds is 5. The molecule has 2 N–H and O–H groups in total. The molecule has 9 aliphatic rings. The van der Waals surface area contributed by atoms with Crippen LogP contribution in [-0.4, -0.2) is 34.3 Å². The Balaban J connectivity index is 0.923. The highest BCUT2D eigenvalue weighted by Gasteiger charge is 2.84. The van der Waals surface area contributed by atoms with Crippen molar-refractivity contribution in [2.24, 2.45) is 40.4 Å². The van der Waals surface area contributed by atoms with E-state index in [1.165, 1.54) is 56.1 Å². The summed E-state index contributed by atoms with van der Waals surface area (Å²) in [6, 6.07) is 8.43. The third-order valence-corrected chi connectivity index (χ3v) is 13.1. The molecule has 8 fully saturated rings. The van der Waals surface area contributed by atoms with Gasteiger partial charge in [0.05, 0.1) is 6.54 Å². The number of hydrogen-bond acceptors (Lipinski definition) is 3. The van der Waals surface area contributed by atoms with Crippen molar-refractivity contribution in [2.45, 2.75) is 94.8 Å². The monoisotopic (exact) mass is 485 g/mol. The number of amides is 2. The standard InChI is InChI=1S/C31H39N3O2/c35-26(34-15-22-3-1-2-4-23(22)16-34)14-32-29-12-24-8-25-13-30(17-29,31(24,25)18-29)33-27(36)28-9-19-5-20(10-28)7-21(6-19)11-28/h1-4,19-21,24-25,32H,5-18H2,(H,33,36). The molecule has 190 valence electrons. The minimum absolute atomic E-state index is 0.000818. The molecule has 1 heterocycles.